The summed E-state index contributed by atoms with van der Waals surface area (Å²) in [5.41, 5.74) is 1.11. The Morgan fingerprint density at radius 2 is 1.81 bits per heavy atom. The van der Waals surface area contributed by atoms with Crippen molar-refractivity contribution in [3.8, 4) is 6.07 Å². The van der Waals surface area contributed by atoms with Crippen molar-refractivity contribution in [2.75, 3.05) is 4.90 Å². The molecule has 0 spiro atoms. The van der Waals surface area contributed by atoms with Crippen molar-refractivity contribution >= 4 is 23.1 Å². The number of nitrogens with zero attached hydrogens (tertiary/aromatic N) is 2. The lowest BCUT2D eigenvalue weighted by molar-refractivity contribution is -0.132. The van der Waals surface area contributed by atoms with Crippen LogP contribution in [0.1, 0.15) is 34.3 Å². The van der Waals surface area contributed by atoms with Gasteiger partial charge in [0.2, 0.25) is 0 Å². The zero-order chi connectivity index (χ0) is 22.3. The molecule has 0 saturated carbocycles. The number of halogens is 1. The Kier molecular flexibility index (Phi) is 4.91. The second-order valence-electron chi connectivity index (χ2n) is 7.24. The highest BCUT2D eigenvalue weighted by Gasteiger charge is 2.48. The monoisotopic (exact) mass is 416 g/mol. The van der Waals surface area contributed by atoms with Gasteiger partial charge in [-0.15, -0.1) is 0 Å². The van der Waals surface area contributed by atoms with Crippen molar-refractivity contribution in [2.45, 2.75) is 19.9 Å². The highest BCUT2D eigenvalue weighted by atomic mass is 19.1. The van der Waals surface area contributed by atoms with E-state index in [1.165, 1.54) is 42.2 Å². The number of furan rings is 1. The van der Waals surface area contributed by atoms with Crippen LogP contribution in [0.15, 0.2) is 64.6 Å². The molecule has 1 atom stereocenters. The third-order valence-electron chi connectivity index (χ3n) is 5.18. The number of hydrogen-bond acceptors (Lipinski definition) is 5. The number of hydrogen-bond donors (Lipinski definition) is 1. The minimum atomic E-state index is -1.02. The van der Waals surface area contributed by atoms with Crippen molar-refractivity contribution in [1.29, 1.82) is 5.26 Å². The fraction of sp³-hybridized carbons (Fsp3) is 0.125. The van der Waals surface area contributed by atoms with Gasteiger partial charge in [-0.25, -0.2) is 4.39 Å². The van der Waals surface area contributed by atoms with E-state index in [1.807, 2.05) is 6.07 Å². The van der Waals surface area contributed by atoms with E-state index in [-0.39, 0.29) is 16.7 Å². The molecule has 2 heterocycles. The second-order valence-corrected chi connectivity index (χ2v) is 7.24. The van der Waals surface area contributed by atoms with Gasteiger partial charge >= 0.3 is 0 Å². The highest BCUT2D eigenvalue weighted by molar-refractivity contribution is 6.51. The molecule has 1 unspecified atom stereocenters. The van der Waals surface area contributed by atoms with Gasteiger partial charge in [0.1, 0.15) is 29.1 Å². The number of aliphatic hydroxyl groups excluding tert-OH is 1. The molecular formula is C24H17FN2O4. The summed E-state index contributed by atoms with van der Waals surface area (Å²) in [5, 5.41) is 20.0. The zero-order valence-electron chi connectivity index (χ0n) is 16.7. The lowest BCUT2D eigenvalue weighted by Gasteiger charge is -2.23. The molecular weight excluding hydrogens is 399 g/mol. The Morgan fingerprint density at radius 3 is 2.39 bits per heavy atom. The van der Waals surface area contributed by atoms with E-state index >= 15 is 0 Å². The van der Waals surface area contributed by atoms with Crippen LogP contribution >= 0.6 is 0 Å². The Balaban J connectivity index is 1.93. The van der Waals surface area contributed by atoms with Gasteiger partial charge in [0.15, 0.2) is 0 Å². The van der Waals surface area contributed by atoms with Crippen LogP contribution < -0.4 is 4.90 Å². The average molecular weight is 416 g/mol. The molecule has 1 N–H and O–H groups in total. The third-order valence-corrected chi connectivity index (χ3v) is 5.18. The van der Waals surface area contributed by atoms with Gasteiger partial charge in [0.25, 0.3) is 11.7 Å². The third kappa shape index (κ3) is 3.38. The van der Waals surface area contributed by atoms with E-state index in [1.54, 1.807) is 31.2 Å². The van der Waals surface area contributed by atoms with Gasteiger partial charge in [-0.1, -0.05) is 0 Å². The molecule has 31 heavy (non-hydrogen) atoms. The second kappa shape index (κ2) is 7.58. The summed E-state index contributed by atoms with van der Waals surface area (Å²) in [7, 11) is 0. The summed E-state index contributed by atoms with van der Waals surface area (Å²) in [6, 6.07) is 14.4. The van der Waals surface area contributed by atoms with Crippen LogP contribution in [0.5, 0.6) is 0 Å². The first-order valence-corrected chi connectivity index (χ1v) is 9.46. The summed E-state index contributed by atoms with van der Waals surface area (Å²) >= 11 is 0. The Labute approximate surface area is 177 Å². The summed E-state index contributed by atoms with van der Waals surface area (Å²) in [5.74, 6) is -1.74. The lowest BCUT2D eigenvalue weighted by Crippen LogP contribution is -2.29. The van der Waals surface area contributed by atoms with E-state index in [9.17, 15) is 19.1 Å². The molecule has 1 amide bonds. The standard InChI is InChI=1S/C24H17FN2O4/c1-13-11-16(6-9-18(13)25)22(28)20-21(19-10-3-14(2)31-19)27(24(30)23(20)29)17-7-4-15(12-26)5-8-17/h3-11,21,28H,1-2H3/b22-20-. The maximum Gasteiger partial charge on any atom is 0.300 e. The first kappa shape index (κ1) is 20.1. The average Bonchev–Trinajstić information content (AvgIpc) is 3.30. The number of nitriles is 1. The van der Waals surface area contributed by atoms with Crippen molar-refractivity contribution in [3.63, 3.8) is 0 Å². The first-order valence-electron chi connectivity index (χ1n) is 9.46. The van der Waals surface area contributed by atoms with Crippen LogP contribution in [0.2, 0.25) is 0 Å². The summed E-state index contributed by atoms with van der Waals surface area (Å²) in [6.45, 7) is 3.26. The zero-order valence-corrected chi connectivity index (χ0v) is 16.7. The molecule has 1 saturated heterocycles. The smallest absolute Gasteiger partial charge is 0.300 e. The molecule has 3 aromatic rings. The van der Waals surface area contributed by atoms with E-state index in [0.717, 1.165) is 0 Å². The molecule has 6 nitrogen and oxygen atoms in total. The minimum Gasteiger partial charge on any atom is -0.507 e. The van der Waals surface area contributed by atoms with Crippen LogP contribution in [-0.4, -0.2) is 16.8 Å². The molecule has 0 bridgehead atoms. The van der Waals surface area contributed by atoms with E-state index in [0.29, 0.717) is 22.8 Å². The molecule has 0 radical (unpaired) electrons. The number of anilines is 1. The van der Waals surface area contributed by atoms with Gasteiger partial charge in [-0.05, 0) is 74.0 Å². The Hall–Kier alpha value is -4.18. The van der Waals surface area contributed by atoms with Gasteiger partial charge in [0.05, 0.1) is 17.2 Å². The Morgan fingerprint density at radius 1 is 1.10 bits per heavy atom. The number of carbonyl (C=O) groups excluding carboxylic acids is 2. The first-order chi connectivity index (χ1) is 14.8. The van der Waals surface area contributed by atoms with Crippen LogP contribution in [0, 0.1) is 31.0 Å². The number of aryl methyl sites for hydroxylation is 2. The quantitative estimate of drug-likeness (QED) is 0.384. The largest absolute Gasteiger partial charge is 0.507 e. The van der Waals surface area contributed by atoms with E-state index in [4.69, 9.17) is 9.68 Å². The number of benzene rings is 2. The molecule has 1 aromatic heterocycles. The maximum absolute atomic E-state index is 13.7. The molecule has 154 valence electrons. The number of carbonyl (C=O) groups is 2. The van der Waals surface area contributed by atoms with Gasteiger partial charge in [0, 0.05) is 11.3 Å². The number of amides is 1. The molecule has 1 aliphatic rings. The van der Waals surface area contributed by atoms with Crippen LogP contribution in [-0.2, 0) is 9.59 Å². The Bertz CT molecular complexity index is 1280. The molecule has 7 heteroatoms. The van der Waals surface area contributed by atoms with Crippen LogP contribution in [0.25, 0.3) is 5.76 Å². The SMILES string of the molecule is Cc1ccc(C2/C(=C(/O)c3ccc(F)c(C)c3)C(=O)C(=O)N2c2ccc(C#N)cc2)o1. The number of ketones is 1. The summed E-state index contributed by atoms with van der Waals surface area (Å²) in [4.78, 5) is 27.2. The fourth-order valence-electron chi connectivity index (χ4n) is 3.61. The van der Waals surface area contributed by atoms with Crippen molar-refractivity contribution in [3.05, 3.63) is 94.2 Å². The van der Waals surface area contributed by atoms with Crippen molar-refractivity contribution in [1.82, 2.24) is 0 Å². The van der Waals surface area contributed by atoms with Crippen molar-refractivity contribution in [2.24, 2.45) is 0 Å². The molecule has 4 rings (SSSR count). The highest BCUT2D eigenvalue weighted by Crippen LogP contribution is 2.42. The number of aliphatic hydroxyl groups is 1. The molecule has 2 aromatic carbocycles. The normalized spacial score (nSPS) is 17.7. The molecule has 1 fully saturated rings. The molecule has 1 aliphatic heterocycles. The van der Waals surface area contributed by atoms with Gasteiger partial charge in [-0.2, -0.15) is 5.26 Å². The van der Waals surface area contributed by atoms with E-state index < -0.39 is 29.3 Å². The minimum absolute atomic E-state index is 0.158. The topological polar surface area (TPSA) is 94.5 Å². The van der Waals surface area contributed by atoms with Gasteiger partial charge < -0.3 is 9.52 Å². The number of rotatable bonds is 3. The maximum atomic E-state index is 13.7. The fourth-order valence-corrected chi connectivity index (χ4v) is 3.61. The number of Topliss-reactive ketones (excluding diaryl/α,β-unsaturated/α-hetero) is 1. The van der Waals surface area contributed by atoms with Crippen molar-refractivity contribution < 1.29 is 23.5 Å². The summed E-state index contributed by atoms with van der Waals surface area (Å²) in [6.07, 6.45) is 0. The molecule has 0 aliphatic carbocycles. The van der Waals surface area contributed by atoms with Crippen LogP contribution in [0.3, 0.4) is 0 Å². The predicted molar refractivity (Wildman–Crippen MR) is 111 cm³/mol. The summed E-state index contributed by atoms with van der Waals surface area (Å²) < 4.78 is 19.4. The predicted octanol–water partition coefficient (Wildman–Crippen LogP) is 4.53. The lowest BCUT2D eigenvalue weighted by atomic mass is 9.98. The van der Waals surface area contributed by atoms with Gasteiger partial charge in [-0.3, -0.25) is 14.5 Å². The van der Waals surface area contributed by atoms with E-state index in [2.05, 4.69) is 0 Å². The van der Waals surface area contributed by atoms with Crippen LogP contribution in [0.4, 0.5) is 10.1 Å².